The Morgan fingerprint density at radius 1 is 1.24 bits per heavy atom. The van der Waals surface area contributed by atoms with Gasteiger partial charge in [0.1, 0.15) is 0 Å². The highest BCUT2D eigenvalue weighted by atomic mass is 79.9. The fourth-order valence-corrected chi connectivity index (χ4v) is 3.76. The van der Waals surface area contributed by atoms with Crippen LogP contribution < -0.4 is 10.0 Å². The van der Waals surface area contributed by atoms with Crippen molar-refractivity contribution in [2.45, 2.75) is 11.8 Å². The number of halogens is 1. The largest absolute Gasteiger partial charge is 0.321 e. The molecule has 1 aromatic heterocycles. The second-order valence-corrected chi connectivity index (χ2v) is 8.51. The van der Waals surface area contributed by atoms with Gasteiger partial charge in [0.25, 0.3) is 5.91 Å². The highest BCUT2D eigenvalue weighted by Gasteiger charge is 2.13. The predicted molar refractivity (Wildman–Crippen MR) is 87.4 cm³/mol. The normalized spacial score (nSPS) is 11.4. The van der Waals surface area contributed by atoms with Crippen molar-refractivity contribution in [2.24, 2.45) is 0 Å². The van der Waals surface area contributed by atoms with E-state index in [1.165, 1.54) is 30.5 Å². The van der Waals surface area contributed by atoms with Crippen LogP contribution in [0.5, 0.6) is 0 Å². The van der Waals surface area contributed by atoms with Crippen molar-refractivity contribution in [3.05, 3.63) is 44.6 Å². The quantitative estimate of drug-likeness (QED) is 0.844. The van der Waals surface area contributed by atoms with Crippen LogP contribution in [0, 0.1) is 6.92 Å². The van der Waals surface area contributed by atoms with Crippen molar-refractivity contribution in [3.63, 3.8) is 0 Å². The molecule has 112 valence electrons. The minimum absolute atomic E-state index is 0.151. The Balaban J connectivity index is 2.15. The zero-order valence-electron chi connectivity index (χ0n) is 11.3. The van der Waals surface area contributed by atoms with Gasteiger partial charge < -0.3 is 5.32 Å². The van der Waals surface area contributed by atoms with E-state index in [1.54, 1.807) is 18.2 Å². The number of thiophene rings is 1. The summed E-state index contributed by atoms with van der Waals surface area (Å²) in [6.45, 7) is 1.91. The third-order valence-electron chi connectivity index (χ3n) is 2.77. The van der Waals surface area contributed by atoms with E-state index in [1.807, 2.05) is 6.92 Å². The molecular formula is C13H13BrN2O3S2. The molecule has 1 heterocycles. The van der Waals surface area contributed by atoms with E-state index < -0.39 is 10.0 Å². The summed E-state index contributed by atoms with van der Waals surface area (Å²) in [5, 5.41) is 2.73. The average Bonchev–Trinajstić information content (AvgIpc) is 2.79. The number of amides is 1. The summed E-state index contributed by atoms with van der Waals surface area (Å²) in [6.07, 6.45) is 0. The molecule has 0 aliphatic rings. The van der Waals surface area contributed by atoms with Crippen LogP contribution in [0.1, 0.15) is 15.2 Å². The Labute approximate surface area is 135 Å². The molecule has 1 amide bonds. The molecule has 0 radical (unpaired) electrons. The minimum Gasteiger partial charge on any atom is -0.321 e. The molecule has 0 atom stereocenters. The molecular weight excluding hydrogens is 376 g/mol. The van der Waals surface area contributed by atoms with Crippen LogP contribution in [0.4, 0.5) is 5.69 Å². The first-order chi connectivity index (χ1) is 9.83. The van der Waals surface area contributed by atoms with Crippen molar-refractivity contribution >= 4 is 48.9 Å². The molecule has 0 saturated carbocycles. The smallest absolute Gasteiger partial charge is 0.265 e. The predicted octanol–water partition coefficient (Wildman–Crippen LogP) is 2.98. The lowest BCUT2D eigenvalue weighted by Crippen LogP contribution is -2.18. The molecule has 0 fully saturated rings. The van der Waals surface area contributed by atoms with Gasteiger partial charge in [-0.3, -0.25) is 4.79 Å². The second-order valence-electron chi connectivity index (χ2n) is 4.25. The molecule has 2 N–H and O–H groups in total. The lowest BCUT2D eigenvalue weighted by atomic mass is 10.3. The van der Waals surface area contributed by atoms with Crippen LogP contribution >= 0.6 is 27.3 Å². The molecule has 2 aromatic rings. The van der Waals surface area contributed by atoms with Crippen LogP contribution in [0.3, 0.4) is 0 Å². The molecule has 0 bridgehead atoms. The van der Waals surface area contributed by atoms with Gasteiger partial charge in [0.05, 0.1) is 13.6 Å². The number of carbonyl (C=O) groups excluding carboxylic acids is 1. The van der Waals surface area contributed by atoms with Crippen molar-refractivity contribution in [1.82, 2.24) is 4.72 Å². The summed E-state index contributed by atoms with van der Waals surface area (Å²) in [5.41, 5.74) is 1.54. The Morgan fingerprint density at radius 3 is 2.33 bits per heavy atom. The van der Waals surface area contributed by atoms with Crippen LogP contribution in [0.15, 0.2) is 39.0 Å². The van der Waals surface area contributed by atoms with Gasteiger partial charge in [0.2, 0.25) is 10.0 Å². The summed E-state index contributed by atoms with van der Waals surface area (Å²) in [5.74, 6) is -0.224. The summed E-state index contributed by atoms with van der Waals surface area (Å²) in [6, 6.07) is 7.78. The molecule has 0 aliphatic heterocycles. The van der Waals surface area contributed by atoms with E-state index in [9.17, 15) is 13.2 Å². The number of carbonyl (C=O) groups is 1. The van der Waals surface area contributed by atoms with E-state index in [0.717, 1.165) is 9.35 Å². The van der Waals surface area contributed by atoms with E-state index in [4.69, 9.17) is 0 Å². The standard InChI is InChI=1S/C13H13BrN2O3S2/c1-8-7-11(20-12(8)14)13(17)16-9-3-5-10(6-4-9)21(18,19)15-2/h3-7,15H,1-2H3,(H,16,17). The van der Waals surface area contributed by atoms with Gasteiger partial charge in [0, 0.05) is 5.69 Å². The van der Waals surface area contributed by atoms with Gasteiger partial charge in [-0.2, -0.15) is 0 Å². The molecule has 0 unspecified atom stereocenters. The Hall–Kier alpha value is -1.22. The van der Waals surface area contributed by atoms with Gasteiger partial charge in [-0.15, -0.1) is 11.3 Å². The number of rotatable bonds is 4. The summed E-state index contributed by atoms with van der Waals surface area (Å²) >= 11 is 4.73. The molecule has 21 heavy (non-hydrogen) atoms. The van der Waals surface area contributed by atoms with Gasteiger partial charge in [-0.1, -0.05) is 0 Å². The lowest BCUT2D eigenvalue weighted by molar-refractivity contribution is 0.103. The van der Waals surface area contributed by atoms with E-state index in [0.29, 0.717) is 10.6 Å². The molecule has 1 aromatic carbocycles. The highest BCUT2D eigenvalue weighted by molar-refractivity contribution is 9.11. The van der Waals surface area contributed by atoms with Crippen molar-refractivity contribution < 1.29 is 13.2 Å². The van der Waals surface area contributed by atoms with E-state index in [2.05, 4.69) is 26.0 Å². The topological polar surface area (TPSA) is 75.3 Å². The third-order valence-corrected chi connectivity index (χ3v) is 6.34. The molecule has 0 saturated heterocycles. The van der Waals surface area contributed by atoms with Gasteiger partial charge >= 0.3 is 0 Å². The summed E-state index contributed by atoms with van der Waals surface area (Å²) in [7, 11) is -2.12. The molecule has 5 nitrogen and oxygen atoms in total. The van der Waals surface area contributed by atoms with Gasteiger partial charge in [-0.25, -0.2) is 13.1 Å². The number of hydrogen-bond acceptors (Lipinski definition) is 4. The molecule has 0 spiro atoms. The number of sulfonamides is 1. The first kappa shape index (κ1) is 16.2. The van der Waals surface area contributed by atoms with E-state index in [-0.39, 0.29) is 10.8 Å². The number of anilines is 1. The number of benzene rings is 1. The Morgan fingerprint density at radius 2 is 1.86 bits per heavy atom. The van der Waals surface area contributed by atoms with Crippen LogP contribution in [-0.4, -0.2) is 21.4 Å². The summed E-state index contributed by atoms with van der Waals surface area (Å²) < 4.78 is 26.3. The highest BCUT2D eigenvalue weighted by Crippen LogP contribution is 2.28. The molecule has 0 aliphatic carbocycles. The first-order valence-corrected chi connectivity index (χ1v) is 9.03. The maximum Gasteiger partial charge on any atom is 0.265 e. The maximum absolute atomic E-state index is 12.1. The minimum atomic E-state index is -3.46. The monoisotopic (exact) mass is 388 g/mol. The van der Waals surface area contributed by atoms with E-state index >= 15 is 0 Å². The van der Waals surface area contributed by atoms with Crippen LogP contribution in [-0.2, 0) is 10.0 Å². The zero-order chi connectivity index (χ0) is 15.6. The zero-order valence-corrected chi connectivity index (χ0v) is 14.5. The van der Waals surface area contributed by atoms with Gasteiger partial charge in [-0.05, 0) is 65.8 Å². The van der Waals surface area contributed by atoms with Crippen molar-refractivity contribution in [2.75, 3.05) is 12.4 Å². The lowest BCUT2D eigenvalue weighted by Gasteiger charge is -2.06. The average molecular weight is 389 g/mol. The van der Waals surface area contributed by atoms with Crippen LogP contribution in [0.2, 0.25) is 0 Å². The second kappa shape index (κ2) is 6.27. The van der Waals surface area contributed by atoms with Gasteiger partial charge in [0.15, 0.2) is 0 Å². The number of aryl methyl sites for hydroxylation is 1. The van der Waals surface area contributed by atoms with Crippen LogP contribution in [0.25, 0.3) is 0 Å². The third kappa shape index (κ3) is 3.70. The fourth-order valence-electron chi connectivity index (χ4n) is 1.60. The summed E-state index contributed by atoms with van der Waals surface area (Å²) in [4.78, 5) is 12.8. The Kier molecular flexibility index (Phi) is 4.82. The first-order valence-electron chi connectivity index (χ1n) is 5.94. The number of nitrogens with one attached hydrogen (secondary N) is 2. The van der Waals surface area contributed by atoms with Crippen molar-refractivity contribution in [1.29, 1.82) is 0 Å². The number of hydrogen-bond donors (Lipinski definition) is 2. The Bertz CT molecular complexity index is 748. The molecule has 2 rings (SSSR count). The maximum atomic E-state index is 12.1. The fraction of sp³-hybridized carbons (Fsp3) is 0.154. The SMILES string of the molecule is CNS(=O)(=O)c1ccc(NC(=O)c2cc(C)c(Br)s2)cc1. The molecule has 8 heteroatoms. The van der Waals surface area contributed by atoms with Crippen molar-refractivity contribution in [3.8, 4) is 0 Å².